The Morgan fingerprint density at radius 3 is 2.17 bits per heavy atom. The molecule has 0 radical (unpaired) electrons. The maximum Gasteiger partial charge on any atom is 0.243 e. The quantitative estimate of drug-likeness (QED) is 0.0385. The molecule has 93 heavy (non-hydrogen) atoms. The minimum Gasteiger partial charge on any atom is -0.507 e. The molecule has 11 rings (SSSR count). The molecule has 2 aromatic carbocycles. The third-order valence-corrected chi connectivity index (χ3v) is 21.3. The molecule has 2 saturated carbocycles. The molecule has 2 amide bonds. The van der Waals surface area contributed by atoms with Crippen LogP contribution in [0.5, 0.6) is 5.75 Å². The molecule has 2 aliphatic carbocycles. The van der Waals surface area contributed by atoms with Crippen LogP contribution in [-0.2, 0) is 23.9 Å². The van der Waals surface area contributed by atoms with Crippen molar-refractivity contribution in [3.8, 4) is 16.2 Å². The van der Waals surface area contributed by atoms with Gasteiger partial charge in [-0.05, 0) is 146 Å². The van der Waals surface area contributed by atoms with Crippen LogP contribution in [-0.4, -0.2) is 205 Å². The zero-order chi connectivity index (χ0) is 66.7. The number of aryl methyl sites for hydroxylation is 1. The van der Waals surface area contributed by atoms with Crippen LogP contribution in [0.1, 0.15) is 160 Å². The Hall–Kier alpha value is -6.07. The largest absolute Gasteiger partial charge is 0.507 e. The van der Waals surface area contributed by atoms with Crippen LogP contribution in [0, 0.1) is 24.7 Å². The predicted molar refractivity (Wildman–Crippen MR) is 373 cm³/mol. The number of aromatic nitrogens is 2. The van der Waals surface area contributed by atoms with E-state index in [1.165, 1.54) is 19.4 Å². The first kappa shape index (κ1) is 72.8. The number of hydrogen-bond acceptors (Lipinski definition) is 19. The van der Waals surface area contributed by atoms with Gasteiger partial charge in [0.2, 0.25) is 11.8 Å². The van der Waals surface area contributed by atoms with Gasteiger partial charge in [-0.25, -0.2) is 4.98 Å². The van der Waals surface area contributed by atoms with E-state index in [-0.39, 0.29) is 41.4 Å². The second-order valence-electron chi connectivity index (χ2n) is 27.0. The standard InChI is InChI=1S/C44H63N7O5S.C18H29N5O.C8H15NO.C2H6/c1-29(2)41(44(53)51-15-5-6-38(51)43(52)46-30(3)33-7-9-34(10-8-33)42-31(4)45-28-57-42)39-26-40(47-56-39)50-18-13-37(14-19-50)55-36-11-16-48(17-12-36)27-32-24-35(25-32)49-20-22-54-23-21-49;1-3-6-13-12-23(10-9-22(13)2)16(18(20)21)11-15(19)14-7-4-5-8-17(14)24;1-3-9(2)8-4-7(5-8)6-10;1-2/h7-10,26,28-30,32,35-38,41H,5-6,11-25,27H2,1-4H3,(H,46,52);4-5,7-8,11,13,24H,3,6,9-10,12,19-21H2,1-2H3;6-8H,3-5H2,1-2H3;1-2H3/b;15-11-;;. The third kappa shape index (κ3) is 19.6. The number of nitrogens with two attached hydrogens (primary N) is 3. The number of aldehydes is 1. The topological polar surface area (TPSA) is 242 Å². The maximum absolute atomic E-state index is 14.2. The molecule has 7 fully saturated rings. The van der Waals surface area contributed by atoms with Crippen LogP contribution in [0.4, 0.5) is 5.82 Å². The highest BCUT2D eigenvalue weighted by atomic mass is 32.1. The fourth-order valence-electron chi connectivity index (χ4n) is 14.3. The third-order valence-electron chi connectivity index (χ3n) is 20.4. The molecule has 4 atom stereocenters. The van der Waals surface area contributed by atoms with E-state index in [2.05, 4.69) is 97.1 Å². The van der Waals surface area contributed by atoms with Gasteiger partial charge in [-0.2, -0.15) is 0 Å². The lowest BCUT2D eigenvalue weighted by Gasteiger charge is -2.46. The number of ether oxygens (including phenoxy) is 2. The predicted octanol–water partition coefficient (Wildman–Crippen LogP) is 9.41. The number of nitrogens with zero attached hydrogens (tertiary/aromatic N) is 9. The van der Waals surface area contributed by atoms with Gasteiger partial charge in [0.05, 0.1) is 53.2 Å². The molecule has 20 nitrogen and oxygen atoms in total. The molecule has 5 aliphatic heterocycles. The summed E-state index contributed by atoms with van der Waals surface area (Å²) in [6, 6.07) is 18.4. The molecular formula is C72H113N13O7S. The van der Waals surface area contributed by atoms with Gasteiger partial charge < -0.3 is 70.9 Å². The van der Waals surface area contributed by atoms with E-state index in [4.69, 9.17) is 31.2 Å². The zero-order valence-corrected chi connectivity index (χ0v) is 58.5. The first-order chi connectivity index (χ1) is 44.9. The van der Waals surface area contributed by atoms with Crippen molar-refractivity contribution < 1.29 is 33.5 Å². The van der Waals surface area contributed by atoms with Gasteiger partial charge in [0.25, 0.3) is 0 Å². The van der Waals surface area contributed by atoms with Crippen LogP contribution in [0.25, 0.3) is 16.1 Å². The number of nitrogens with one attached hydrogen (secondary N) is 1. The molecule has 21 heteroatoms. The highest BCUT2D eigenvalue weighted by Crippen LogP contribution is 2.37. The van der Waals surface area contributed by atoms with E-state index >= 15 is 0 Å². The smallest absolute Gasteiger partial charge is 0.243 e. The van der Waals surface area contributed by atoms with Crippen LogP contribution in [0.3, 0.4) is 0 Å². The molecule has 2 aromatic heterocycles. The number of carbonyl (C=O) groups is 3. The van der Waals surface area contributed by atoms with Gasteiger partial charge >= 0.3 is 0 Å². The summed E-state index contributed by atoms with van der Waals surface area (Å²) in [6.07, 6.45) is 16.2. The lowest BCUT2D eigenvalue weighted by molar-refractivity contribution is -0.141. The Balaban J connectivity index is 0.000000252. The molecule has 514 valence electrons. The molecular weight excluding hydrogens is 1190 g/mol. The first-order valence-corrected chi connectivity index (χ1v) is 35.9. The Kier molecular flexibility index (Phi) is 27.9. The summed E-state index contributed by atoms with van der Waals surface area (Å²) >= 11 is 1.63. The van der Waals surface area contributed by atoms with Crippen molar-refractivity contribution >= 4 is 41.0 Å². The van der Waals surface area contributed by atoms with Crippen molar-refractivity contribution in [1.82, 2.24) is 44.9 Å². The van der Waals surface area contributed by atoms with Gasteiger partial charge in [0, 0.05) is 113 Å². The van der Waals surface area contributed by atoms with Crippen LogP contribution < -0.4 is 27.4 Å². The summed E-state index contributed by atoms with van der Waals surface area (Å²) in [6.45, 7) is 30.0. The van der Waals surface area contributed by atoms with Crippen molar-refractivity contribution in [2.24, 2.45) is 35.0 Å². The fraction of sp³-hybridized carbons (Fsp3) is 0.653. The number of para-hydroxylation sites is 1. The van der Waals surface area contributed by atoms with Crippen LogP contribution in [0.15, 0.2) is 82.2 Å². The van der Waals surface area contributed by atoms with Gasteiger partial charge in [-0.1, -0.05) is 89.5 Å². The Morgan fingerprint density at radius 2 is 1.56 bits per heavy atom. The average molecular weight is 1300 g/mol. The Bertz CT molecular complexity index is 2990. The number of anilines is 1. The second-order valence-corrected chi connectivity index (χ2v) is 27.9. The second kappa shape index (κ2) is 35.6. The van der Waals surface area contributed by atoms with E-state index in [0.29, 0.717) is 54.1 Å². The van der Waals surface area contributed by atoms with Crippen LogP contribution >= 0.6 is 11.3 Å². The number of benzene rings is 2. The van der Waals surface area contributed by atoms with Gasteiger partial charge in [-0.15, -0.1) is 11.3 Å². The molecule has 0 bridgehead atoms. The molecule has 8 N–H and O–H groups in total. The van der Waals surface area contributed by atoms with E-state index in [9.17, 15) is 19.5 Å². The van der Waals surface area contributed by atoms with E-state index in [0.717, 1.165) is 188 Å². The Morgan fingerprint density at radius 1 is 0.882 bits per heavy atom. The number of allylic oxidation sites excluding steroid dienone is 1. The number of likely N-dealkylation sites (tertiary alicyclic amines) is 2. The molecule has 4 unspecified atom stereocenters. The van der Waals surface area contributed by atoms with E-state index in [1.807, 2.05) is 59.2 Å². The van der Waals surface area contributed by atoms with Crippen LogP contribution in [0.2, 0.25) is 0 Å². The van der Waals surface area contributed by atoms with Crippen molar-refractivity contribution in [3.63, 3.8) is 0 Å². The summed E-state index contributed by atoms with van der Waals surface area (Å²) < 4.78 is 18.1. The molecule has 0 spiro atoms. The Labute approximate surface area is 559 Å². The minimum atomic E-state index is -0.512. The van der Waals surface area contributed by atoms with Crippen molar-refractivity contribution in [1.29, 1.82) is 0 Å². The number of likely N-dealkylation sites (N-methyl/N-ethyl adjacent to an activating group) is 1. The fourth-order valence-corrected chi connectivity index (χ4v) is 15.1. The lowest BCUT2D eigenvalue weighted by Crippen LogP contribution is -2.52. The lowest BCUT2D eigenvalue weighted by atomic mass is 9.78. The number of morpholine rings is 1. The number of piperazine rings is 1. The van der Waals surface area contributed by atoms with E-state index in [1.54, 1.807) is 40.5 Å². The maximum atomic E-state index is 14.2. The number of phenolic OH excluding ortho intramolecular Hbond substituents is 1. The number of rotatable bonds is 21. The normalized spacial score (nSPS) is 24.1. The number of phenols is 1. The van der Waals surface area contributed by atoms with Gasteiger partial charge in [-0.3, -0.25) is 19.4 Å². The summed E-state index contributed by atoms with van der Waals surface area (Å²) in [7, 11) is 4.27. The first-order valence-electron chi connectivity index (χ1n) is 35.0. The van der Waals surface area contributed by atoms with Crippen molar-refractivity contribution in [3.05, 3.63) is 100 Å². The number of hydrogen-bond donors (Lipinski definition) is 5. The number of aromatic hydroxyl groups is 1. The highest BCUT2D eigenvalue weighted by Gasteiger charge is 2.42. The zero-order valence-electron chi connectivity index (χ0n) is 57.7. The highest BCUT2D eigenvalue weighted by molar-refractivity contribution is 7.13. The van der Waals surface area contributed by atoms with Gasteiger partial charge in [0.15, 0.2) is 11.6 Å². The number of piperidine rings is 2. The number of thiazole rings is 1. The average Bonchev–Trinajstić information content (AvgIpc) is 1.90. The molecule has 4 aromatic rings. The molecule has 7 heterocycles. The van der Waals surface area contributed by atoms with Crippen molar-refractivity contribution in [2.45, 2.75) is 181 Å². The minimum absolute atomic E-state index is 0.0199. The number of carbonyl (C=O) groups excluding carboxylic acids is 3. The summed E-state index contributed by atoms with van der Waals surface area (Å²) in [5.41, 5.74) is 24.8. The summed E-state index contributed by atoms with van der Waals surface area (Å²) in [5.74, 6) is 2.24. The SMILES string of the molecule is CC.CCCC1CN(C(/C=C(\N)c2ccccc2O)=C(N)N)CCN1C.CCN(C)C1CC(C=O)C1.Cc1ncsc1-c1ccc(C(C)NC(=O)C2CCCN2C(=O)C(c2cc(N3CCC(OC4CCN(CC5CC(N6CCOCC6)C5)CC4)CC3)no2)C(C)C)cc1. The van der Waals surface area contributed by atoms with Crippen molar-refractivity contribution in [2.75, 3.05) is 111 Å². The van der Waals surface area contributed by atoms with Gasteiger partial charge in [0.1, 0.15) is 29.8 Å². The van der Waals surface area contributed by atoms with E-state index < -0.39 is 12.0 Å². The number of amides is 2. The summed E-state index contributed by atoms with van der Waals surface area (Å²) in [5, 5.41) is 17.6. The molecule has 7 aliphatic rings. The monoisotopic (exact) mass is 1300 g/mol. The molecule has 5 saturated heterocycles. The summed E-state index contributed by atoms with van der Waals surface area (Å²) in [4.78, 5) is 59.9.